The van der Waals surface area contributed by atoms with Gasteiger partial charge in [0.15, 0.2) is 0 Å². The molecule has 0 aliphatic rings. The highest BCUT2D eigenvalue weighted by molar-refractivity contribution is 5.81. The van der Waals surface area contributed by atoms with Gasteiger partial charge in [-0.05, 0) is 32.4 Å². The fourth-order valence-electron chi connectivity index (χ4n) is 1.16. The topological polar surface area (TPSA) is 62.2 Å². The van der Waals surface area contributed by atoms with Crippen molar-refractivity contribution >= 4 is 11.7 Å². The number of hydrogen-bond donors (Lipinski definition) is 2. The number of anilines is 1. The highest BCUT2D eigenvalue weighted by atomic mass is 16.4. The van der Waals surface area contributed by atoms with E-state index in [4.69, 9.17) is 5.11 Å². The molecule has 1 rings (SSSR count). The fourth-order valence-corrected chi connectivity index (χ4v) is 1.16. The van der Waals surface area contributed by atoms with Crippen LogP contribution in [0.5, 0.6) is 0 Å². The Morgan fingerprint density at radius 1 is 1.60 bits per heavy atom. The van der Waals surface area contributed by atoms with Crippen LogP contribution in [-0.4, -0.2) is 21.6 Å². The lowest BCUT2D eigenvalue weighted by molar-refractivity contribution is -0.141. The van der Waals surface area contributed by atoms with Crippen LogP contribution in [0.4, 0.5) is 5.69 Å². The van der Waals surface area contributed by atoms with Crippen LogP contribution in [0.3, 0.4) is 0 Å². The van der Waals surface area contributed by atoms with Gasteiger partial charge >= 0.3 is 5.97 Å². The van der Waals surface area contributed by atoms with Crippen molar-refractivity contribution in [1.82, 2.24) is 4.98 Å². The van der Waals surface area contributed by atoms with Crippen molar-refractivity contribution in [3.05, 3.63) is 24.0 Å². The van der Waals surface area contributed by atoms with Gasteiger partial charge in [-0.3, -0.25) is 4.98 Å². The summed E-state index contributed by atoms with van der Waals surface area (Å²) in [6, 6.07) is 3.63. The Bertz CT molecular complexity index is 361. The number of carboxylic acids is 1. The Labute approximate surface area is 89.3 Å². The van der Waals surface area contributed by atoms with Crippen LogP contribution in [0.15, 0.2) is 18.3 Å². The second-order valence-electron chi connectivity index (χ2n) is 3.94. The summed E-state index contributed by atoms with van der Waals surface area (Å²) in [4.78, 5) is 15.0. The zero-order chi connectivity index (χ0) is 11.5. The minimum absolute atomic E-state index is 0.786. The third kappa shape index (κ3) is 2.94. The smallest absolute Gasteiger partial charge is 0.328 e. The number of carbonyl (C=O) groups is 1. The number of nitrogens with zero attached hydrogens (tertiary/aromatic N) is 1. The number of hydrogen-bond acceptors (Lipinski definition) is 3. The number of carboxylic acid groups (broad SMARTS) is 1. The van der Waals surface area contributed by atoms with Crippen LogP contribution in [-0.2, 0) is 11.2 Å². The van der Waals surface area contributed by atoms with E-state index in [-0.39, 0.29) is 0 Å². The third-order valence-corrected chi connectivity index (χ3v) is 2.17. The first-order valence-electron chi connectivity index (χ1n) is 4.92. The zero-order valence-electron chi connectivity index (χ0n) is 9.24. The first-order chi connectivity index (χ1) is 6.95. The molecule has 0 atom stereocenters. The van der Waals surface area contributed by atoms with Gasteiger partial charge in [0.1, 0.15) is 5.54 Å². The average Bonchev–Trinajstić information content (AvgIpc) is 2.17. The molecule has 4 heteroatoms. The van der Waals surface area contributed by atoms with Crippen LogP contribution in [0, 0.1) is 0 Å². The minimum Gasteiger partial charge on any atom is -0.480 e. The van der Waals surface area contributed by atoms with Gasteiger partial charge in [0, 0.05) is 17.6 Å². The summed E-state index contributed by atoms with van der Waals surface area (Å²) < 4.78 is 0. The molecule has 1 heterocycles. The molecule has 82 valence electrons. The Hall–Kier alpha value is -1.58. The van der Waals surface area contributed by atoms with Gasteiger partial charge in [0.2, 0.25) is 0 Å². The molecule has 0 saturated heterocycles. The second kappa shape index (κ2) is 4.29. The van der Waals surface area contributed by atoms with Crippen molar-refractivity contribution in [2.24, 2.45) is 0 Å². The monoisotopic (exact) mass is 208 g/mol. The van der Waals surface area contributed by atoms with Crippen molar-refractivity contribution in [2.75, 3.05) is 5.32 Å². The number of aromatic nitrogens is 1. The Kier molecular flexibility index (Phi) is 3.29. The molecule has 0 spiro atoms. The van der Waals surface area contributed by atoms with Crippen molar-refractivity contribution < 1.29 is 9.90 Å². The van der Waals surface area contributed by atoms with Gasteiger partial charge in [-0.25, -0.2) is 4.79 Å². The molecule has 0 aliphatic heterocycles. The van der Waals surface area contributed by atoms with Gasteiger partial charge in [-0.2, -0.15) is 0 Å². The molecule has 0 aliphatic carbocycles. The minimum atomic E-state index is -0.966. The number of nitrogens with one attached hydrogen (secondary N) is 1. The predicted molar refractivity (Wildman–Crippen MR) is 59.0 cm³/mol. The highest BCUT2D eigenvalue weighted by Gasteiger charge is 2.26. The summed E-state index contributed by atoms with van der Waals surface area (Å²) in [7, 11) is 0. The van der Waals surface area contributed by atoms with Crippen molar-refractivity contribution in [3.63, 3.8) is 0 Å². The molecular formula is C11H16N2O2. The summed E-state index contributed by atoms with van der Waals surface area (Å²) in [5.74, 6) is -0.877. The molecule has 0 saturated carbocycles. The molecule has 0 radical (unpaired) electrons. The number of aryl methyl sites for hydroxylation is 1. The lowest BCUT2D eigenvalue weighted by Crippen LogP contribution is -2.39. The molecular weight excluding hydrogens is 192 g/mol. The zero-order valence-corrected chi connectivity index (χ0v) is 9.24. The average molecular weight is 208 g/mol. The van der Waals surface area contributed by atoms with Gasteiger partial charge in [-0.15, -0.1) is 0 Å². The van der Waals surface area contributed by atoms with E-state index in [1.807, 2.05) is 13.0 Å². The summed E-state index contributed by atoms with van der Waals surface area (Å²) >= 11 is 0. The van der Waals surface area contributed by atoms with E-state index in [0.717, 1.165) is 17.8 Å². The third-order valence-electron chi connectivity index (χ3n) is 2.17. The maximum atomic E-state index is 10.9. The molecule has 0 aromatic carbocycles. The van der Waals surface area contributed by atoms with Crippen LogP contribution < -0.4 is 5.32 Å². The van der Waals surface area contributed by atoms with E-state index in [9.17, 15) is 4.79 Å². The summed E-state index contributed by atoms with van der Waals surface area (Å²) in [6.45, 7) is 5.26. The Morgan fingerprint density at radius 2 is 2.27 bits per heavy atom. The summed E-state index contributed by atoms with van der Waals surface area (Å²) in [5, 5.41) is 11.9. The normalized spacial score (nSPS) is 11.1. The quantitative estimate of drug-likeness (QED) is 0.793. The highest BCUT2D eigenvalue weighted by Crippen LogP contribution is 2.15. The van der Waals surface area contributed by atoms with E-state index in [2.05, 4.69) is 10.3 Å². The number of rotatable bonds is 4. The largest absolute Gasteiger partial charge is 0.480 e. The van der Waals surface area contributed by atoms with Crippen LogP contribution in [0.1, 0.15) is 26.5 Å². The molecule has 15 heavy (non-hydrogen) atoms. The predicted octanol–water partition coefficient (Wildman–Crippen LogP) is 1.92. The molecule has 0 fully saturated rings. The van der Waals surface area contributed by atoms with E-state index in [1.54, 1.807) is 26.1 Å². The molecule has 2 N–H and O–H groups in total. The van der Waals surface area contributed by atoms with Crippen molar-refractivity contribution in [2.45, 2.75) is 32.7 Å². The molecule has 1 aromatic rings. The van der Waals surface area contributed by atoms with E-state index >= 15 is 0 Å². The Morgan fingerprint density at radius 3 is 2.80 bits per heavy atom. The summed E-state index contributed by atoms with van der Waals surface area (Å²) in [6.07, 6.45) is 2.52. The lowest BCUT2D eigenvalue weighted by atomic mass is 10.1. The van der Waals surface area contributed by atoms with Crippen LogP contribution in [0.25, 0.3) is 0 Å². The first-order valence-corrected chi connectivity index (χ1v) is 4.92. The SMILES string of the molecule is CCc1cc(NC(C)(C)C(=O)O)ccn1. The molecule has 0 amide bonds. The van der Waals surface area contributed by atoms with Crippen molar-refractivity contribution in [3.8, 4) is 0 Å². The van der Waals surface area contributed by atoms with Crippen molar-refractivity contribution in [1.29, 1.82) is 0 Å². The molecule has 1 aromatic heterocycles. The second-order valence-corrected chi connectivity index (χ2v) is 3.94. The van der Waals surface area contributed by atoms with Gasteiger partial charge in [-0.1, -0.05) is 6.92 Å². The standard InChI is InChI=1S/C11H16N2O2/c1-4-8-7-9(5-6-12-8)13-11(2,3)10(14)15/h5-7H,4H2,1-3H3,(H,12,13)(H,14,15). The first kappa shape index (κ1) is 11.5. The maximum absolute atomic E-state index is 10.9. The van der Waals surface area contributed by atoms with E-state index in [0.29, 0.717) is 0 Å². The van der Waals surface area contributed by atoms with Crippen LogP contribution in [0.2, 0.25) is 0 Å². The lowest BCUT2D eigenvalue weighted by Gasteiger charge is -2.22. The van der Waals surface area contributed by atoms with Gasteiger partial charge < -0.3 is 10.4 Å². The molecule has 0 bridgehead atoms. The number of pyridine rings is 1. The van der Waals surface area contributed by atoms with Gasteiger partial charge in [0.25, 0.3) is 0 Å². The maximum Gasteiger partial charge on any atom is 0.328 e. The number of aliphatic carboxylic acids is 1. The summed E-state index contributed by atoms with van der Waals surface area (Å²) in [5.41, 5.74) is 0.766. The molecule has 0 unspecified atom stereocenters. The van der Waals surface area contributed by atoms with Crippen LogP contribution >= 0.6 is 0 Å². The molecule has 4 nitrogen and oxygen atoms in total. The van der Waals surface area contributed by atoms with E-state index in [1.165, 1.54) is 0 Å². The van der Waals surface area contributed by atoms with Gasteiger partial charge in [0.05, 0.1) is 0 Å². The van der Waals surface area contributed by atoms with E-state index < -0.39 is 11.5 Å². The Balaban J connectivity index is 2.85. The fraction of sp³-hybridized carbons (Fsp3) is 0.455.